The normalized spacial score (nSPS) is 10.9. The molecule has 30 heavy (non-hydrogen) atoms. The van der Waals surface area contributed by atoms with Crippen LogP contribution in [0.3, 0.4) is 0 Å². The number of aromatic nitrogens is 1. The maximum absolute atomic E-state index is 13.5. The van der Waals surface area contributed by atoms with E-state index in [-0.39, 0.29) is 18.0 Å². The molecule has 0 spiro atoms. The molecule has 4 nitrogen and oxygen atoms in total. The second-order valence-electron chi connectivity index (χ2n) is 7.76. The zero-order valence-electron chi connectivity index (χ0n) is 17.4. The van der Waals surface area contributed by atoms with E-state index in [0.717, 1.165) is 33.3 Å². The molecule has 4 rings (SSSR count). The van der Waals surface area contributed by atoms with Gasteiger partial charge in [0.2, 0.25) is 0 Å². The van der Waals surface area contributed by atoms with E-state index in [1.807, 2.05) is 93.6 Å². The van der Waals surface area contributed by atoms with Crippen LogP contribution in [0.2, 0.25) is 0 Å². The number of carbonyl (C=O) groups excluding carboxylic acids is 1. The summed E-state index contributed by atoms with van der Waals surface area (Å²) in [4.78, 5) is 30.9. The Bertz CT molecular complexity index is 1300. The predicted molar refractivity (Wildman–Crippen MR) is 122 cm³/mol. The lowest BCUT2D eigenvalue weighted by Gasteiger charge is -2.25. The van der Waals surface area contributed by atoms with Gasteiger partial charge in [0.1, 0.15) is 0 Å². The van der Waals surface area contributed by atoms with Crippen molar-refractivity contribution >= 4 is 22.5 Å². The molecule has 0 aliphatic carbocycles. The van der Waals surface area contributed by atoms with E-state index in [0.29, 0.717) is 11.1 Å². The number of hydrogen-bond acceptors (Lipinski definition) is 2. The molecular formula is C26H24N2O2. The van der Waals surface area contributed by atoms with Crippen LogP contribution in [0.15, 0.2) is 77.6 Å². The Balaban J connectivity index is 1.82. The van der Waals surface area contributed by atoms with Gasteiger partial charge in [-0.25, -0.2) is 0 Å². The van der Waals surface area contributed by atoms with Crippen molar-refractivity contribution in [2.24, 2.45) is 0 Å². The van der Waals surface area contributed by atoms with Gasteiger partial charge in [0.05, 0.1) is 6.54 Å². The number of carbonyl (C=O) groups is 1. The van der Waals surface area contributed by atoms with Crippen molar-refractivity contribution in [1.29, 1.82) is 0 Å². The molecule has 0 atom stereocenters. The molecule has 0 aliphatic heterocycles. The number of aryl methyl sites for hydroxylation is 3. The molecule has 0 radical (unpaired) electrons. The average Bonchev–Trinajstić information content (AvgIpc) is 2.73. The first kappa shape index (κ1) is 19.6. The molecule has 150 valence electrons. The molecule has 1 aromatic heterocycles. The number of amides is 1. The number of benzene rings is 3. The summed E-state index contributed by atoms with van der Waals surface area (Å²) in [6.45, 7) is 6.15. The van der Waals surface area contributed by atoms with Gasteiger partial charge in [-0.15, -0.1) is 0 Å². The largest absolute Gasteiger partial charge is 0.322 e. The third-order valence-electron chi connectivity index (χ3n) is 5.32. The Morgan fingerprint density at radius 1 is 0.867 bits per heavy atom. The lowest BCUT2D eigenvalue weighted by atomic mass is 10.1. The van der Waals surface area contributed by atoms with Crippen molar-refractivity contribution in [3.8, 4) is 0 Å². The van der Waals surface area contributed by atoms with Crippen LogP contribution in [0.4, 0.5) is 5.69 Å². The van der Waals surface area contributed by atoms with E-state index in [1.165, 1.54) is 0 Å². The van der Waals surface area contributed by atoms with Crippen LogP contribution < -0.4 is 10.5 Å². The van der Waals surface area contributed by atoms with E-state index in [1.54, 1.807) is 4.90 Å². The molecule has 3 aromatic carbocycles. The number of rotatable bonds is 4. The molecule has 4 heteroatoms. The predicted octanol–water partition coefficient (Wildman–Crippen LogP) is 5.30. The summed E-state index contributed by atoms with van der Waals surface area (Å²) in [7, 11) is 0. The SMILES string of the molecule is Cc1cccc(C(=O)N(Cc2cc3cc(C)ccc3[nH]c2=O)c2ccccc2C)c1. The smallest absolute Gasteiger partial charge is 0.258 e. The van der Waals surface area contributed by atoms with Crippen molar-refractivity contribution in [1.82, 2.24) is 4.98 Å². The molecule has 0 saturated heterocycles. The number of aromatic amines is 1. The Kier molecular flexibility index (Phi) is 5.23. The summed E-state index contributed by atoms with van der Waals surface area (Å²) in [6.07, 6.45) is 0. The summed E-state index contributed by atoms with van der Waals surface area (Å²) in [5.74, 6) is -0.128. The lowest BCUT2D eigenvalue weighted by Crippen LogP contribution is -2.33. The summed E-state index contributed by atoms with van der Waals surface area (Å²) >= 11 is 0. The number of nitrogens with zero attached hydrogens (tertiary/aromatic N) is 1. The molecule has 0 unspecified atom stereocenters. The zero-order chi connectivity index (χ0) is 21.3. The van der Waals surface area contributed by atoms with Crippen LogP contribution in [-0.2, 0) is 6.54 Å². The molecule has 0 aliphatic rings. The number of H-pyrrole nitrogens is 1. The van der Waals surface area contributed by atoms with Crippen LogP contribution in [0, 0.1) is 20.8 Å². The van der Waals surface area contributed by atoms with Gasteiger partial charge in [-0.3, -0.25) is 9.59 Å². The summed E-state index contributed by atoms with van der Waals surface area (Å²) in [5.41, 5.74) is 5.68. The van der Waals surface area contributed by atoms with Gasteiger partial charge in [-0.2, -0.15) is 0 Å². The monoisotopic (exact) mass is 396 g/mol. The molecule has 1 N–H and O–H groups in total. The first-order valence-electron chi connectivity index (χ1n) is 9.99. The van der Waals surface area contributed by atoms with Crippen LogP contribution in [0.1, 0.15) is 32.6 Å². The Hall–Kier alpha value is -3.66. The summed E-state index contributed by atoms with van der Waals surface area (Å²) < 4.78 is 0. The van der Waals surface area contributed by atoms with Gasteiger partial charge >= 0.3 is 0 Å². The van der Waals surface area contributed by atoms with E-state index in [9.17, 15) is 9.59 Å². The van der Waals surface area contributed by atoms with Gasteiger partial charge in [0, 0.05) is 22.3 Å². The molecular weight excluding hydrogens is 372 g/mol. The second-order valence-corrected chi connectivity index (χ2v) is 7.76. The minimum absolute atomic E-state index is 0.128. The minimum atomic E-state index is -0.179. The van der Waals surface area contributed by atoms with Crippen molar-refractivity contribution in [2.75, 3.05) is 4.90 Å². The highest BCUT2D eigenvalue weighted by molar-refractivity contribution is 6.06. The van der Waals surface area contributed by atoms with Crippen molar-refractivity contribution in [2.45, 2.75) is 27.3 Å². The first-order chi connectivity index (χ1) is 14.4. The molecule has 1 amide bonds. The van der Waals surface area contributed by atoms with Gasteiger partial charge in [0.25, 0.3) is 11.5 Å². The number of nitrogens with one attached hydrogen (secondary N) is 1. The quantitative estimate of drug-likeness (QED) is 0.509. The standard InChI is InChI=1S/C26H24N2O2/c1-17-7-6-9-20(13-17)26(30)28(24-10-5-4-8-19(24)3)16-22-15-21-14-18(2)11-12-23(21)27-25(22)29/h4-15H,16H2,1-3H3,(H,27,29). The number of anilines is 1. The highest BCUT2D eigenvalue weighted by Crippen LogP contribution is 2.24. The average molecular weight is 396 g/mol. The maximum atomic E-state index is 13.5. The summed E-state index contributed by atoms with van der Waals surface area (Å²) in [6, 6.07) is 23.1. The fraction of sp³-hybridized carbons (Fsp3) is 0.154. The number of para-hydroxylation sites is 1. The maximum Gasteiger partial charge on any atom is 0.258 e. The molecule has 4 aromatic rings. The van der Waals surface area contributed by atoms with E-state index in [2.05, 4.69) is 4.98 Å². The minimum Gasteiger partial charge on any atom is -0.322 e. The first-order valence-corrected chi connectivity index (χ1v) is 9.99. The van der Waals surface area contributed by atoms with Gasteiger partial charge in [-0.1, -0.05) is 47.5 Å². The van der Waals surface area contributed by atoms with Gasteiger partial charge < -0.3 is 9.88 Å². The highest BCUT2D eigenvalue weighted by Gasteiger charge is 2.21. The fourth-order valence-corrected chi connectivity index (χ4v) is 3.73. The molecule has 0 saturated carbocycles. The van der Waals surface area contributed by atoms with E-state index < -0.39 is 0 Å². The van der Waals surface area contributed by atoms with Crippen molar-refractivity contribution < 1.29 is 4.79 Å². The molecule has 0 bridgehead atoms. The molecule has 0 fully saturated rings. The number of fused-ring (bicyclic) bond motifs is 1. The van der Waals surface area contributed by atoms with E-state index in [4.69, 9.17) is 0 Å². The third kappa shape index (κ3) is 3.90. The van der Waals surface area contributed by atoms with Crippen molar-refractivity contribution in [3.63, 3.8) is 0 Å². The zero-order valence-corrected chi connectivity index (χ0v) is 17.4. The number of hydrogen-bond donors (Lipinski definition) is 1. The molecule has 1 heterocycles. The van der Waals surface area contributed by atoms with Gasteiger partial charge in [-0.05, 0) is 68.1 Å². The fourth-order valence-electron chi connectivity index (χ4n) is 3.73. The highest BCUT2D eigenvalue weighted by atomic mass is 16.2. The van der Waals surface area contributed by atoms with Crippen molar-refractivity contribution in [3.05, 3.63) is 111 Å². The van der Waals surface area contributed by atoms with Crippen LogP contribution in [-0.4, -0.2) is 10.9 Å². The summed E-state index contributed by atoms with van der Waals surface area (Å²) in [5, 5.41) is 0.956. The van der Waals surface area contributed by atoms with Crippen LogP contribution in [0.25, 0.3) is 10.9 Å². The number of pyridine rings is 1. The Morgan fingerprint density at radius 3 is 2.40 bits per heavy atom. The topological polar surface area (TPSA) is 53.2 Å². The second kappa shape index (κ2) is 7.99. The lowest BCUT2D eigenvalue weighted by molar-refractivity contribution is 0.0985. The van der Waals surface area contributed by atoms with Crippen LogP contribution in [0.5, 0.6) is 0 Å². The van der Waals surface area contributed by atoms with E-state index >= 15 is 0 Å². The van der Waals surface area contributed by atoms with Gasteiger partial charge in [0.15, 0.2) is 0 Å². The Labute approximate surface area is 175 Å². The Morgan fingerprint density at radius 2 is 1.63 bits per heavy atom. The van der Waals surface area contributed by atoms with Crippen LogP contribution >= 0.6 is 0 Å². The third-order valence-corrected chi connectivity index (χ3v) is 5.32.